The molecule has 0 spiro atoms. The molecule has 1 aromatic heterocycles. The summed E-state index contributed by atoms with van der Waals surface area (Å²) in [5.41, 5.74) is 0. The van der Waals surface area contributed by atoms with Crippen molar-refractivity contribution in [2.75, 3.05) is 4.72 Å². The third kappa shape index (κ3) is 2.03. The van der Waals surface area contributed by atoms with Gasteiger partial charge in [0.25, 0.3) is 0 Å². The predicted octanol–water partition coefficient (Wildman–Crippen LogP) is -0.922. The molecule has 0 saturated carbocycles. The number of aromatic nitrogens is 3. The van der Waals surface area contributed by atoms with Crippen LogP contribution < -0.4 is 4.72 Å². The SMILES string of the molecule is O=S([O-])Nc1ncncn1. The Labute approximate surface area is 59.2 Å². The molecule has 1 N–H and O–H groups in total. The van der Waals surface area contributed by atoms with Crippen molar-refractivity contribution in [1.82, 2.24) is 15.0 Å². The highest BCUT2D eigenvalue weighted by molar-refractivity contribution is 7.80. The van der Waals surface area contributed by atoms with Gasteiger partial charge in [0.1, 0.15) is 12.7 Å². The Morgan fingerprint density at radius 3 is 2.60 bits per heavy atom. The van der Waals surface area contributed by atoms with E-state index < -0.39 is 11.3 Å². The van der Waals surface area contributed by atoms with E-state index in [-0.39, 0.29) is 5.95 Å². The monoisotopic (exact) mass is 159 g/mol. The second kappa shape index (κ2) is 3.18. The van der Waals surface area contributed by atoms with Gasteiger partial charge in [-0.3, -0.25) is 8.93 Å². The standard InChI is InChI=1S/C3H4N4O2S/c8-10(9)7-3-5-1-4-2-6-3/h1-2H,(H,8,9)(H,4,5,6,7)/p-1. The van der Waals surface area contributed by atoms with Gasteiger partial charge in [0.2, 0.25) is 5.95 Å². The third-order valence-electron chi connectivity index (χ3n) is 0.668. The molecule has 10 heavy (non-hydrogen) atoms. The Morgan fingerprint density at radius 2 is 2.10 bits per heavy atom. The summed E-state index contributed by atoms with van der Waals surface area (Å²) in [5, 5.41) is 0. The summed E-state index contributed by atoms with van der Waals surface area (Å²) in [4.78, 5) is 10.5. The maximum absolute atomic E-state index is 9.96. The number of nitrogens with one attached hydrogen (secondary N) is 1. The van der Waals surface area contributed by atoms with E-state index in [0.29, 0.717) is 0 Å². The molecule has 1 aromatic rings. The molecule has 1 heterocycles. The average molecular weight is 159 g/mol. The maximum Gasteiger partial charge on any atom is 0.236 e. The fraction of sp³-hybridized carbons (Fsp3) is 0. The van der Waals surface area contributed by atoms with Crippen LogP contribution in [0.15, 0.2) is 12.7 Å². The molecule has 0 amide bonds. The van der Waals surface area contributed by atoms with Crippen LogP contribution in [-0.4, -0.2) is 23.7 Å². The lowest BCUT2D eigenvalue weighted by Crippen LogP contribution is -2.05. The predicted molar refractivity (Wildman–Crippen MR) is 32.4 cm³/mol. The smallest absolute Gasteiger partial charge is 0.236 e. The van der Waals surface area contributed by atoms with Crippen LogP contribution >= 0.6 is 0 Å². The molecule has 54 valence electrons. The van der Waals surface area contributed by atoms with Gasteiger partial charge in [0.05, 0.1) is 0 Å². The summed E-state index contributed by atoms with van der Waals surface area (Å²) in [6, 6.07) is 0. The van der Waals surface area contributed by atoms with E-state index in [1.807, 2.05) is 4.72 Å². The van der Waals surface area contributed by atoms with Crippen LogP contribution in [0.2, 0.25) is 0 Å². The first-order valence-electron chi connectivity index (χ1n) is 2.27. The summed E-state index contributed by atoms with van der Waals surface area (Å²) in [6.07, 6.45) is 2.39. The first-order chi connectivity index (χ1) is 4.79. The van der Waals surface area contributed by atoms with Crippen molar-refractivity contribution in [1.29, 1.82) is 0 Å². The van der Waals surface area contributed by atoms with Gasteiger partial charge in [-0.15, -0.1) is 0 Å². The van der Waals surface area contributed by atoms with Crippen LogP contribution in [0.5, 0.6) is 0 Å². The molecule has 0 fully saturated rings. The second-order valence-electron chi connectivity index (χ2n) is 1.30. The first-order valence-corrected chi connectivity index (χ1v) is 3.34. The van der Waals surface area contributed by atoms with Gasteiger partial charge in [-0.2, -0.15) is 0 Å². The van der Waals surface area contributed by atoms with Gasteiger partial charge in [0.15, 0.2) is 0 Å². The lowest BCUT2D eigenvalue weighted by Gasteiger charge is -2.03. The minimum Gasteiger partial charge on any atom is -0.755 e. The van der Waals surface area contributed by atoms with Gasteiger partial charge < -0.3 is 4.55 Å². The van der Waals surface area contributed by atoms with E-state index >= 15 is 0 Å². The van der Waals surface area contributed by atoms with Crippen molar-refractivity contribution in [3.63, 3.8) is 0 Å². The maximum atomic E-state index is 9.96. The van der Waals surface area contributed by atoms with Crippen LogP contribution in [0.25, 0.3) is 0 Å². The molecule has 0 aromatic carbocycles. The van der Waals surface area contributed by atoms with Crippen LogP contribution in [0.1, 0.15) is 0 Å². The number of rotatable bonds is 2. The molecule has 1 unspecified atom stereocenters. The highest BCUT2D eigenvalue weighted by Gasteiger charge is 1.88. The van der Waals surface area contributed by atoms with Crippen molar-refractivity contribution in [3.05, 3.63) is 12.7 Å². The average Bonchev–Trinajstić information content (AvgIpc) is 1.88. The zero-order valence-electron chi connectivity index (χ0n) is 4.72. The summed E-state index contributed by atoms with van der Waals surface area (Å²) < 4.78 is 21.9. The topological polar surface area (TPSA) is 90.8 Å². The molecular formula is C3H3N4O2S-. The Balaban J connectivity index is 2.67. The van der Waals surface area contributed by atoms with Crippen LogP contribution in [0.3, 0.4) is 0 Å². The largest absolute Gasteiger partial charge is 0.755 e. The van der Waals surface area contributed by atoms with Crippen molar-refractivity contribution in [3.8, 4) is 0 Å². The summed E-state index contributed by atoms with van der Waals surface area (Å²) >= 11 is -2.37. The van der Waals surface area contributed by atoms with Crippen LogP contribution in [0.4, 0.5) is 5.95 Å². The van der Waals surface area contributed by atoms with E-state index in [4.69, 9.17) is 0 Å². The van der Waals surface area contributed by atoms with Crippen molar-refractivity contribution >= 4 is 17.2 Å². The van der Waals surface area contributed by atoms with Gasteiger partial charge in [-0.1, -0.05) is 0 Å². The van der Waals surface area contributed by atoms with Crippen molar-refractivity contribution in [2.45, 2.75) is 0 Å². The summed E-state index contributed by atoms with van der Waals surface area (Å²) in [5.74, 6) is 0.0170. The Morgan fingerprint density at radius 1 is 1.50 bits per heavy atom. The quantitative estimate of drug-likeness (QED) is 0.563. The van der Waals surface area contributed by atoms with Crippen LogP contribution in [0, 0.1) is 0 Å². The zero-order valence-corrected chi connectivity index (χ0v) is 5.54. The highest BCUT2D eigenvalue weighted by atomic mass is 32.2. The molecule has 0 aliphatic carbocycles. The fourth-order valence-electron chi connectivity index (χ4n) is 0.366. The number of hydrogen-bond donors (Lipinski definition) is 1. The minimum atomic E-state index is -2.37. The Bertz CT molecular complexity index is 227. The van der Waals surface area contributed by atoms with E-state index in [9.17, 15) is 8.76 Å². The Hall–Kier alpha value is -1.08. The van der Waals surface area contributed by atoms with Gasteiger partial charge in [-0.05, 0) is 0 Å². The molecule has 0 bridgehead atoms. The van der Waals surface area contributed by atoms with Gasteiger partial charge in [-0.25, -0.2) is 15.0 Å². The molecule has 1 rings (SSSR count). The van der Waals surface area contributed by atoms with Crippen molar-refractivity contribution in [2.24, 2.45) is 0 Å². The summed E-state index contributed by atoms with van der Waals surface area (Å²) in [6.45, 7) is 0. The van der Waals surface area contributed by atoms with Gasteiger partial charge in [0, 0.05) is 11.3 Å². The first kappa shape index (κ1) is 7.03. The van der Waals surface area contributed by atoms with Crippen molar-refractivity contribution < 1.29 is 8.76 Å². The van der Waals surface area contributed by atoms with E-state index in [0.717, 1.165) is 0 Å². The van der Waals surface area contributed by atoms with Gasteiger partial charge >= 0.3 is 0 Å². The lowest BCUT2D eigenvalue weighted by atomic mass is 11.0. The number of nitrogens with zero attached hydrogens (tertiary/aromatic N) is 3. The van der Waals surface area contributed by atoms with E-state index in [1.165, 1.54) is 12.7 Å². The molecule has 0 aliphatic heterocycles. The fourth-order valence-corrected chi connectivity index (χ4v) is 0.621. The molecular weight excluding hydrogens is 156 g/mol. The normalized spacial score (nSPS) is 12.5. The lowest BCUT2D eigenvalue weighted by molar-refractivity contribution is 0.542. The summed E-state index contributed by atoms with van der Waals surface area (Å²) in [7, 11) is 0. The number of anilines is 1. The molecule has 1 atom stereocenters. The molecule has 0 radical (unpaired) electrons. The number of hydrogen-bond acceptors (Lipinski definition) is 5. The second-order valence-corrected chi connectivity index (χ2v) is 1.97. The Kier molecular flexibility index (Phi) is 2.24. The molecule has 0 aliphatic rings. The zero-order chi connectivity index (χ0) is 7.40. The molecule has 6 nitrogen and oxygen atoms in total. The third-order valence-corrected chi connectivity index (χ3v) is 1.02. The minimum absolute atomic E-state index is 0.0170. The van der Waals surface area contributed by atoms with E-state index in [1.54, 1.807) is 0 Å². The molecule has 0 saturated heterocycles. The highest BCUT2D eigenvalue weighted by Crippen LogP contribution is 1.90. The molecule has 7 heteroatoms. The van der Waals surface area contributed by atoms with Crippen LogP contribution in [-0.2, 0) is 11.3 Å². The van der Waals surface area contributed by atoms with E-state index in [2.05, 4.69) is 15.0 Å².